The highest BCUT2D eigenvalue weighted by Crippen LogP contribution is 1.92. The lowest BCUT2D eigenvalue weighted by atomic mass is 10.2. The summed E-state index contributed by atoms with van der Waals surface area (Å²) in [4.78, 5) is 25.6. The van der Waals surface area contributed by atoms with Gasteiger partial charge in [-0.05, 0) is 6.92 Å². The molecule has 0 aliphatic carbocycles. The van der Waals surface area contributed by atoms with Crippen LogP contribution in [0.3, 0.4) is 0 Å². The Bertz CT molecular complexity index is 200. The van der Waals surface area contributed by atoms with Gasteiger partial charge < -0.3 is 14.4 Å². The Hall–Kier alpha value is -1.39. The molecule has 0 amide bonds. The Labute approximate surface area is 76.7 Å². The molecule has 0 saturated heterocycles. The van der Waals surface area contributed by atoms with Gasteiger partial charge in [0.25, 0.3) is 0 Å². The van der Waals surface area contributed by atoms with Crippen LogP contribution < -0.4 is 0 Å². The molecule has 0 N–H and O–H groups in total. The summed E-state index contributed by atoms with van der Waals surface area (Å²) in [7, 11) is 1.40. The minimum atomic E-state index is -0.405. The predicted molar refractivity (Wildman–Crippen MR) is 46.4 cm³/mol. The van der Waals surface area contributed by atoms with Crippen LogP contribution >= 0.6 is 0 Å². The first kappa shape index (κ1) is 11.6. The molecule has 0 aromatic carbocycles. The van der Waals surface area contributed by atoms with Gasteiger partial charge in [-0.2, -0.15) is 0 Å². The topological polar surface area (TPSA) is 65.0 Å². The van der Waals surface area contributed by atoms with Crippen LogP contribution in [0.15, 0.2) is 5.16 Å². The molecule has 5 heteroatoms. The van der Waals surface area contributed by atoms with E-state index in [1.165, 1.54) is 20.2 Å². The maximum Gasteiger partial charge on any atom is 0.306 e. The van der Waals surface area contributed by atoms with Gasteiger partial charge in [-0.3, -0.25) is 4.79 Å². The van der Waals surface area contributed by atoms with Crippen molar-refractivity contribution in [1.29, 1.82) is 0 Å². The van der Waals surface area contributed by atoms with E-state index in [9.17, 15) is 9.59 Å². The first-order valence-corrected chi connectivity index (χ1v) is 3.87. The van der Waals surface area contributed by atoms with Crippen molar-refractivity contribution in [2.24, 2.45) is 5.16 Å². The van der Waals surface area contributed by atoms with E-state index < -0.39 is 5.97 Å². The van der Waals surface area contributed by atoms with Crippen molar-refractivity contribution in [3.05, 3.63) is 0 Å². The highest BCUT2D eigenvalue weighted by Gasteiger charge is 2.03. The lowest BCUT2D eigenvalue weighted by Crippen LogP contribution is -2.08. The van der Waals surface area contributed by atoms with Gasteiger partial charge in [0.05, 0.1) is 12.6 Å². The van der Waals surface area contributed by atoms with Gasteiger partial charge in [-0.25, -0.2) is 0 Å². The number of oxime groups is 1. The van der Waals surface area contributed by atoms with Crippen molar-refractivity contribution in [2.45, 2.75) is 19.8 Å². The minimum Gasteiger partial charge on any atom is -0.460 e. The lowest BCUT2D eigenvalue weighted by Gasteiger charge is -1.98. The summed E-state index contributed by atoms with van der Waals surface area (Å²) in [6.07, 6.45) is 1.67. The van der Waals surface area contributed by atoms with E-state index in [2.05, 4.69) is 14.7 Å². The maximum absolute atomic E-state index is 10.8. The van der Waals surface area contributed by atoms with Gasteiger partial charge in [0.1, 0.15) is 19.5 Å². The number of ketones is 1. The van der Waals surface area contributed by atoms with Gasteiger partial charge >= 0.3 is 5.97 Å². The molecular formula is C8H13NO4. The van der Waals surface area contributed by atoms with Crippen LogP contribution in [-0.4, -0.2) is 31.7 Å². The highest BCUT2D eigenvalue weighted by atomic mass is 16.6. The average Bonchev–Trinajstić information content (AvgIpc) is 2.09. The van der Waals surface area contributed by atoms with Crippen molar-refractivity contribution in [3.63, 3.8) is 0 Å². The maximum atomic E-state index is 10.8. The summed E-state index contributed by atoms with van der Waals surface area (Å²) in [5.74, 6) is -0.430. The molecule has 0 aromatic heterocycles. The second-order valence-corrected chi connectivity index (χ2v) is 2.36. The van der Waals surface area contributed by atoms with Gasteiger partial charge in [0, 0.05) is 6.42 Å². The second-order valence-electron chi connectivity index (χ2n) is 2.36. The molecule has 13 heavy (non-hydrogen) atoms. The van der Waals surface area contributed by atoms with E-state index in [1.807, 2.05) is 0 Å². The van der Waals surface area contributed by atoms with Crippen molar-refractivity contribution in [2.75, 3.05) is 13.7 Å². The van der Waals surface area contributed by atoms with Gasteiger partial charge in [0.15, 0.2) is 0 Å². The largest absolute Gasteiger partial charge is 0.460 e. The molecule has 0 atom stereocenters. The van der Waals surface area contributed by atoms with E-state index in [0.29, 0.717) is 0 Å². The highest BCUT2D eigenvalue weighted by molar-refractivity contribution is 5.81. The van der Waals surface area contributed by atoms with E-state index >= 15 is 0 Å². The number of Topliss-reactive ketones (excluding diaryl/α,β-unsaturated/α-hetero) is 1. The third kappa shape index (κ3) is 8.52. The molecule has 0 radical (unpaired) electrons. The zero-order chi connectivity index (χ0) is 10.1. The van der Waals surface area contributed by atoms with Crippen LogP contribution in [-0.2, 0) is 19.2 Å². The lowest BCUT2D eigenvalue weighted by molar-refractivity contribution is -0.143. The summed E-state index contributed by atoms with van der Waals surface area (Å²) in [6, 6.07) is 0. The third-order valence-corrected chi connectivity index (χ3v) is 1.18. The number of hydrogen-bond donors (Lipinski definition) is 0. The second kappa shape index (κ2) is 7.27. The van der Waals surface area contributed by atoms with Crippen LogP contribution in [0, 0.1) is 0 Å². The monoisotopic (exact) mass is 187 g/mol. The van der Waals surface area contributed by atoms with Crippen LogP contribution in [0.1, 0.15) is 19.8 Å². The molecule has 0 aromatic rings. The zero-order valence-corrected chi connectivity index (χ0v) is 7.78. The van der Waals surface area contributed by atoms with Crippen molar-refractivity contribution in [3.8, 4) is 0 Å². The number of carbonyl (C=O) groups is 2. The summed E-state index contributed by atoms with van der Waals surface area (Å²) in [5.41, 5.74) is 0. The van der Waals surface area contributed by atoms with Gasteiger partial charge in [-0.15, -0.1) is 0 Å². The molecule has 74 valence electrons. The summed E-state index contributed by atoms with van der Waals surface area (Å²) >= 11 is 0. The van der Waals surface area contributed by atoms with Crippen LogP contribution in [0.5, 0.6) is 0 Å². The summed E-state index contributed by atoms with van der Waals surface area (Å²) < 4.78 is 4.67. The molecule has 0 saturated carbocycles. The minimum absolute atomic E-state index is 0.0255. The standard InChI is InChI=1S/C8H13NO4/c1-7(10)3-4-8(11)13-6-5-9-12-2/h5H,3-4,6H2,1-2H3. The van der Waals surface area contributed by atoms with E-state index in [1.54, 1.807) is 0 Å². The predicted octanol–water partition coefficient (Wildman–Crippen LogP) is 0.531. The third-order valence-electron chi connectivity index (χ3n) is 1.18. The Balaban J connectivity index is 3.41. The fourth-order valence-electron chi connectivity index (χ4n) is 0.585. The fourth-order valence-corrected chi connectivity index (χ4v) is 0.585. The number of rotatable bonds is 6. The van der Waals surface area contributed by atoms with Gasteiger partial charge in [-0.1, -0.05) is 5.16 Å². The molecule has 5 nitrogen and oxygen atoms in total. The first-order valence-electron chi connectivity index (χ1n) is 3.87. The fraction of sp³-hybridized carbons (Fsp3) is 0.625. The molecule has 0 heterocycles. The van der Waals surface area contributed by atoms with Crippen LogP contribution in [0.25, 0.3) is 0 Å². The molecule has 0 bridgehead atoms. The molecule has 0 fully saturated rings. The Morgan fingerprint density at radius 1 is 1.38 bits per heavy atom. The Morgan fingerprint density at radius 2 is 2.08 bits per heavy atom. The summed E-state index contributed by atoms with van der Waals surface area (Å²) in [5, 5.41) is 3.37. The molecular weight excluding hydrogens is 174 g/mol. The Kier molecular flexibility index (Phi) is 6.49. The van der Waals surface area contributed by atoms with Crippen molar-refractivity contribution in [1.82, 2.24) is 0 Å². The van der Waals surface area contributed by atoms with Crippen molar-refractivity contribution < 1.29 is 19.2 Å². The number of carbonyl (C=O) groups excluding carboxylic acids is 2. The van der Waals surface area contributed by atoms with Gasteiger partial charge in [0.2, 0.25) is 0 Å². The van der Waals surface area contributed by atoms with Crippen LogP contribution in [0.2, 0.25) is 0 Å². The SMILES string of the molecule is CON=CCOC(=O)CCC(C)=O. The number of nitrogens with zero attached hydrogens (tertiary/aromatic N) is 1. The summed E-state index contributed by atoms with van der Waals surface area (Å²) in [6.45, 7) is 1.50. The number of esters is 1. The normalized spacial score (nSPS) is 10.0. The Morgan fingerprint density at radius 3 is 2.62 bits per heavy atom. The smallest absolute Gasteiger partial charge is 0.306 e. The molecule has 0 aliphatic rings. The van der Waals surface area contributed by atoms with Crippen molar-refractivity contribution >= 4 is 18.0 Å². The average molecular weight is 187 g/mol. The number of hydrogen-bond acceptors (Lipinski definition) is 5. The molecule has 0 unspecified atom stereocenters. The molecule has 0 spiro atoms. The quantitative estimate of drug-likeness (QED) is 0.345. The van der Waals surface area contributed by atoms with Crippen LogP contribution in [0.4, 0.5) is 0 Å². The first-order chi connectivity index (χ1) is 6.16. The van der Waals surface area contributed by atoms with E-state index in [4.69, 9.17) is 0 Å². The molecule has 0 aliphatic heterocycles. The zero-order valence-electron chi connectivity index (χ0n) is 7.78. The molecule has 0 rings (SSSR count). The van der Waals surface area contributed by atoms with E-state index in [-0.39, 0.29) is 25.2 Å². The van der Waals surface area contributed by atoms with E-state index in [0.717, 1.165) is 0 Å². The number of ether oxygens (including phenoxy) is 1.